The van der Waals surface area contributed by atoms with Gasteiger partial charge in [-0.25, -0.2) is 9.78 Å². The topological polar surface area (TPSA) is 92.0 Å². The average molecular weight is 605 g/mol. The molecule has 1 aliphatic carbocycles. The van der Waals surface area contributed by atoms with Crippen LogP contribution in [0.3, 0.4) is 0 Å². The van der Waals surface area contributed by atoms with E-state index in [9.17, 15) is 9.59 Å². The van der Waals surface area contributed by atoms with E-state index in [1.165, 1.54) is 11.1 Å². The van der Waals surface area contributed by atoms with Crippen molar-refractivity contribution in [3.8, 4) is 11.5 Å². The maximum absolute atomic E-state index is 13.6. The zero-order valence-electron chi connectivity index (χ0n) is 21.7. The van der Waals surface area contributed by atoms with E-state index in [0.29, 0.717) is 34.6 Å². The monoisotopic (exact) mass is 603 g/mol. The Morgan fingerprint density at radius 1 is 1.21 bits per heavy atom. The van der Waals surface area contributed by atoms with E-state index >= 15 is 0 Å². The van der Waals surface area contributed by atoms with Crippen LogP contribution in [0.5, 0.6) is 11.5 Å². The first-order valence-electron chi connectivity index (χ1n) is 12.9. The van der Waals surface area contributed by atoms with Gasteiger partial charge in [-0.15, -0.1) is 0 Å². The van der Waals surface area contributed by atoms with E-state index in [1.807, 2.05) is 19.1 Å². The van der Waals surface area contributed by atoms with Gasteiger partial charge in [-0.05, 0) is 69.5 Å². The smallest absolute Gasteiger partial charge is 0.347 e. The summed E-state index contributed by atoms with van der Waals surface area (Å²) in [6.07, 6.45) is 6.01. The third-order valence-electron chi connectivity index (χ3n) is 6.37. The Bertz CT molecular complexity index is 1400. The second-order valence-electron chi connectivity index (χ2n) is 9.10. The number of esters is 1. The molecule has 1 heterocycles. The number of carbonyl (C=O) groups is 1. The van der Waals surface area contributed by atoms with Gasteiger partial charge in [0.25, 0.3) is 5.56 Å². The van der Waals surface area contributed by atoms with Crippen molar-refractivity contribution in [2.45, 2.75) is 64.9 Å². The van der Waals surface area contributed by atoms with Crippen LogP contribution in [0.1, 0.15) is 70.2 Å². The van der Waals surface area contributed by atoms with E-state index in [-0.39, 0.29) is 28.9 Å². The van der Waals surface area contributed by atoms with Gasteiger partial charge in [0.1, 0.15) is 5.82 Å². The Balaban J connectivity index is 1.74. The van der Waals surface area contributed by atoms with Crippen LogP contribution in [0.25, 0.3) is 10.9 Å². The first kappa shape index (κ1) is 28.1. The number of fused-ring (bicyclic) bond motifs is 1. The molecule has 1 atom stereocenters. The van der Waals surface area contributed by atoms with Gasteiger partial charge < -0.3 is 14.2 Å². The molecule has 38 heavy (non-hydrogen) atoms. The quantitative estimate of drug-likeness (QED) is 0.205. The highest BCUT2D eigenvalue weighted by molar-refractivity contribution is 9.10. The summed E-state index contributed by atoms with van der Waals surface area (Å²) in [7, 11) is 0. The second kappa shape index (κ2) is 12.8. The molecule has 1 aromatic heterocycles. The lowest BCUT2D eigenvalue weighted by atomic mass is 9.88. The first-order valence-corrected chi connectivity index (χ1v) is 14.1. The molecule has 3 aromatic rings. The molecule has 1 saturated carbocycles. The van der Waals surface area contributed by atoms with E-state index in [0.717, 1.165) is 30.2 Å². The lowest BCUT2D eigenvalue weighted by Gasteiger charge is -2.22. The van der Waals surface area contributed by atoms with Gasteiger partial charge in [0.15, 0.2) is 17.6 Å². The number of aromatic nitrogens is 2. The zero-order chi connectivity index (χ0) is 27.2. The number of halogens is 2. The van der Waals surface area contributed by atoms with Crippen molar-refractivity contribution in [3.63, 3.8) is 0 Å². The third kappa shape index (κ3) is 6.38. The van der Waals surface area contributed by atoms with Gasteiger partial charge in [0, 0.05) is 10.4 Å². The molecule has 0 amide bonds. The molecule has 8 nitrogen and oxygen atoms in total. The highest BCUT2D eigenvalue weighted by Crippen LogP contribution is 2.37. The molecule has 0 N–H and O–H groups in total. The molecule has 0 bridgehead atoms. The number of rotatable bonds is 9. The molecule has 0 unspecified atom stereocenters. The van der Waals surface area contributed by atoms with Crippen molar-refractivity contribution in [2.75, 3.05) is 13.2 Å². The molecule has 0 saturated heterocycles. The van der Waals surface area contributed by atoms with Crippen LogP contribution in [0.4, 0.5) is 0 Å². The Morgan fingerprint density at radius 3 is 2.68 bits per heavy atom. The number of hydrogen-bond acceptors (Lipinski definition) is 7. The number of benzene rings is 2. The van der Waals surface area contributed by atoms with Crippen LogP contribution >= 0.6 is 27.5 Å². The summed E-state index contributed by atoms with van der Waals surface area (Å²) < 4.78 is 18.8. The number of nitrogens with zero attached hydrogens (tertiary/aromatic N) is 3. The van der Waals surface area contributed by atoms with Crippen molar-refractivity contribution >= 4 is 50.6 Å². The lowest BCUT2D eigenvalue weighted by molar-refractivity contribution is -0.150. The predicted octanol–water partition coefficient (Wildman–Crippen LogP) is 6.47. The third-order valence-corrected chi connectivity index (χ3v) is 7.14. The van der Waals surface area contributed by atoms with Crippen molar-refractivity contribution in [3.05, 3.63) is 61.6 Å². The molecular weight excluding hydrogens is 574 g/mol. The van der Waals surface area contributed by atoms with Crippen LogP contribution in [0.15, 0.2) is 44.7 Å². The minimum atomic E-state index is -0.870. The van der Waals surface area contributed by atoms with Crippen LogP contribution in [0.2, 0.25) is 5.02 Å². The maximum Gasteiger partial charge on any atom is 0.347 e. The molecule has 1 fully saturated rings. The minimum Gasteiger partial charge on any atom is -0.490 e. The number of carbonyl (C=O) groups excluding carboxylic acids is 1. The fraction of sp³-hybridized carbons (Fsp3) is 0.429. The molecule has 202 valence electrons. The SMILES string of the molecule is CCOC(=O)[C@H](C)Oc1c(Cl)cc(C=Nn2c(C3CCCCC3)nc3ccc(Br)cc3c2=O)cc1OCC. The highest BCUT2D eigenvalue weighted by atomic mass is 79.9. The molecular formula is C28H31BrClN3O5. The van der Waals surface area contributed by atoms with Crippen molar-refractivity contribution < 1.29 is 19.0 Å². The molecule has 0 spiro atoms. The second-order valence-corrected chi connectivity index (χ2v) is 10.4. The zero-order valence-corrected chi connectivity index (χ0v) is 24.0. The van der Waals surface area contributed by atoms with E-state index in [2.05, 4.69) is 21.0 Å². The Hall–Kier alpha value is -2.91. The van der Waals surface area contributed by atoms with Crippen LogP contribution in [-0.4, -0.2) is 41.2 Å². The fourth-order valence-electron chi connectivity index (χ4n) is 4.55. The van der Waals surface area contributed by atoms with Crippen LogP contribution in [-0.2, 0) is 9.53 Å². The standard InChI is InChI=1S/C28H31BrClN3O5/c1-4-36-24-14-18(13-22(30)25(24)38-17(3)28(35)37-5-2)16-31-33-26(19-9-7-6-8-10-19)32-23-12-11-20(29)15-21(23)27(33)34/h11-17,19H,4-10H2,1-3H3/t17-/m0/s1. The van der Waals surface area contributed by atoms with Crippen molar-refractivity contribution in [1.29, 1.82) is 0 Å². The minimum absolute atomic E-state index is 0.157. The number of hydrogen-bond donors (Lipinski definition) is 0. The Morgan fingerprint density at radius 2 is 1.97 bits per heavy atom. The van der Waals surface area contributed by atoms with Gasteiger partial charge >= 0.3 is 5.97 Å². The molecule has 0 aliphatic heterocycles. The van der Waals surface area contributed by atoms with Gasteiger partial charge in [0.2, 0.25) is 0 Å². The fourth-order valence-corrected chi connectivity index (χ4v) is 5.18. The van der Waals surface area contributed by atoms with Gasteiger partial charge in [-0.1, -0.05) is 46.8 Å². The summed E-state index contributed by atoms with van der Waals surface area (Å²) in [5, 5.41) is 5.32. The summed E-state index contributed by atoms with van der Waals surface area (Å²) >= 11 is 10.0. The normalized spacial score (nSPS) is 15.1. The largest absolute Gasteiger partial charge is 0.490 e. The molecule has 2 aromatic carbocycles. The van der Waals surface area contributed by atoms with E-state index in [1.54, 1.807) is 38.3 Å². The molecule has 0 radical (unpaired) electrons. The maximum atomic E-state index is 13.6. The average Bonchev–Trinajstić information content (AvgIpc) is 2.91. The Kier molecular flexibility index (Phi) is 9.44. The summed E-state index contributed by atoms with van der Waals surface area (Å²) in [6, 6.07) is 8.87. The summed E-state index contributed by atoms with van der Waals surface area (Å²) in [6.45, 7) is 5.75. The summed E-state index contributed by atoms with van der Waals surface area (Å²) in [5.74, 6) is 0.924. The van der Waals surface area contributed by atoms with Crippen molar-refractivity contribution in [1.82, 2.24) is 9.66 Å². The molecule has 4 rings (SSSR count). The van der Waals surface area contributed by atoms with Crippen molar-refractivity contribution in [2.24, 2.45) is 5.10 Å². The van der Waals surface area contributed by atoms with E-state index < -0.39 is 12.1 Å². The first-order chi connectivity index (χ1) is 18.3. The Labute approximate surface area is 235 Å². The molecule has 10 heteroatoms. The van der Waals surface area contributed by atoms with Crippen LogP contribution in [0, 0.1) is 0 Å². The lowest BCUT2D eigenvalue weighted by Crippen LogP contribution is -2.26. The highest BCUT2D eigenvalue weighted by Gasteiger charge is 2.23. The van der Waals surface area contributed by atoms with E-state index in [4.69, 9.17) is 30.8 Å². The van der Waals surface area contributed by atoms with Gasteiger partial charge in [-0.3, -0.25) is 4.79 Å². The van der Waals surface area contributed by atoms with Crippen LogP contribution < -0.4 is 15.0 Å². The van der Waals surface area contributed by atoms with Gasteiger partial charge in [-0.2, -0.15) is 9.78 Å². The summed E-state index contributed by atoms with van der Waals surface area (Å²) in [5.41, 5.74) is 1.03. The predicted molar refractivity (Wildman–Crippen MR) is 152 cm³/mol. The molecule has 1 aliphatic rings. The number of ether oxygens (including phenoxy) is 3. The summed E-state index contributed by atoms with van der Waals surface area (Å²) in [4.78, 5) is 30.5. The van der Waals surface area contributed by atoms with Gasteiger partial charge in [0.05, 0.1) is 35.4 Å².